The summed E-state index contributed by atoms with van der Waals surface area (Å²) in [6.45, 7) is 3.63. The third-order valence-corrected chi connectivity index (χ3v) is 10.8. The zero-order chi connectivity index (χ0) is 31.9. The lowest BCUT2D eigenvalue weighted by atomic mass is 9.92. The molecule has 4 aliphatic heterocycles. The van der Waals surface area contributed by atoms with Crippen LogP contribution in [-0.4, -0.2) is 75.1 Å². The van der Waals surface area contributed by atoms with Crippen molar-refractivity contribution in [2.24, 2.45) is 7.05 Å². The van der Waals surface area contributed by atoms with Gasteiger partial charge in [0.2, 0.25) is 0 Å². The number of nitrogens with one attached hydrogen (secondary N) is 1. The number of aryl methyl sites for hydroxylation is 1. The summed E-state index contributed by atoms with van der Waals surface area (Å²) in [5, 5.41) is 12.0. The molecule has 0 spiro atoms. The molecular formula is C37H35F2N7O. The predicted molar refractivity (Wildman–Crippen MR) is 180 cm³/mol. The Labute approximate surface area is 271 Å². The van der Waals surface area contributed by atoms with Crippen LogP contribution in [0.25, 0.3) is 43.7 Å². The number of aromatic nitrogens is 4. The van der Waals surface area contributed by atoms with Crippen molar-refractivity contribution in [3.8, 4) is 29.5 Å². The van der Waals surface area contributed by atoms with Gasteiger partial charge in [-0.1, -0.05) is 30.2 Å². The van der Waals surface area contributed by atoms with Crippen molar-refractivity contribution in [1.82, 2.24) is 30.0 Å². The molecule has 10 heteroatoms. The number of benzene rings is 3. The molecule has 5 aromatic rings. The van der Waals surface area contributed by atoms with Crippen LogP contribution < -0.4 is 15.0 Å². The molecule has 47 heavy (non-hydrogen) atoms. The van der Waals surface area contributed by atoms with Gasteiger partial charge in [0.05, 0.1) is 28.3 Å². The number of ether oxygens (including phenoxy) is 1. The highest BCUT2D eigenvalue weighted by atomic mass is 19.1. The molecule has 3 aromatic carbocycles. The summed E-state index contributed by atoms with van der Waals surface area (Å²) in [5.41, 5.74) is 3.88. The summed E-state index contributed by atoms with van der Waals surface area (Å²) < 4.78 is 37.0. The Morgan fingerprint density at radius 2 is 1.98 bits per heavy atom. The van der Waals surface area contributed by atoms with Crippen LogP contribution in [0, 0.1) is 18.2 Å². The number of terminal acetylenes is 1. The van der Waals surface area contributed by atoms with E-state index in [0.29, 0.717) is 43.1 Å². The quantitative estimate of drug-likeness (QED) is 0.244. The average molecular weight is 632 g/mol. The molecule has 0 amide bonds. The Bertz CT molecular complexity index is 2160. The summed E-state index contributed by atoms with van der Waals surface area (Å²) in [4.78, 5) is 14.9. The Morgan fingerprint density at radius 3 is 2.79 bits per heavy atom. The molecule has 9 rings (SSSR count). The number of fused-ring (bicyclic) bond motifs is 7. The zero-order valence-corrected chi connectivity index (χ0v) is 26.3. The molecule has 1 N–H and O–H groups in total. The van der Waals surface area contributed by atoms with E-state index < -0.39 is 5.82 Å². The van der Waals surface area contributed by atoms with Crippen LogP contribution in [0.4, 0.5) is 14.6 Å². The standard InChI is InChI=1S/C37H35F2N7O/c1-3-26-30(39)11-8-23-6-4-7-27(32(23)26)28-14-31-33(29-20-44(2)43-34(28)29)35(45-18-24-9-10-25(19-45)40-24)42-36(41-31)47-21-37-12-5-13-46(37)17-22(15-37)16-38/h1,4,6-8,11,14,16,20,24-25,40H,5,9-10,12-13,15,17-19,21H2,2H3/b22-16-/t24-,25+,37-/m0/s1. The Morgan fingerprint density at radius 1 is 1.13 bits per heavy atom. The average Bonchev–Trinajstić information content (AvgIpc) is 3.84. The number of nitrogens with zero attached hydrogens (tertiary/aromatic N) is 6. The van der Waals surface area contributed by atoms with Crippen molar-refractivity contribution in [2.75, 3.05) is 37.7 Å². The lowest BCUT2D eigenvalue weighted by Crippen LogP contribution is -2.51. The number of halogens is 2. The molecule has 0 saturated carbocycles. The fourth-order valence-corrected chi connectivity index (χ4v) is 8.72. The summed E-state index contributed by atoms with van der Waals surface area (Å²) in [7, 11) is 1.91. The van der Waals surface area contributed by atoms with Crippen molar-refractivity contribution in [1.29, 1.82) is 0 Å². The topological polar surface area (TPSA) is 71.3 Å². The summed E-state index contributed by atoms with van der Waals surface area (Å²) in [6, 6.07) is 12.2. The number of piperazine rings is 1. The lowest BCUT2D eigenvalue weighted by molar-refractivity contribution is 0.108. The van der Waals surface area contributed by atoms with Crippen molar-refractivity contribution < 1.29 is 13.5 Å². The van der Waals surface area contributed by atoms with Crippen molar-refractivity contribution in [2.45, 2.75) is 49.7 Å². The zero-order valence-electron chi connectivity index (χ0n) is 26.3. The fourth-order valence-electron chi connectivity index (χ4n) is 8.72. The van der Waals surface area contributed by atoms with Gasteiger partial charge >= 0.3 is 6.01 Å². The molecule has 0 aliphatic carbocycles. The molecule has 8 nitrogen and oxygen atoms in total. The molecule has 2 aromatic heterocycles. The van der Waals surface area contributed by atoms with Crippen molar-refractivity contribution >= 4 is 38.4 Å². The van der Waals surface area contributed by atoms with Gasteiger partial charge < -0.3 is 15.0 Å². The van der Waals surface area contributed by atoms with Crippen LogP contribution in [0.2, 0.25) is 0 Å². The summed E-state index contributed by atoms with van der Waals surface area (Å²) >= 11 is 0. The van der Waals surface area contributed by atoms with Gasteiger partial charge in [-0.25, -0.2) is 8.78 Å². The first-order chi connectivity index (χ1) is 22.9. The molecule has 3 atom stereocenters. The highest BCUT2D eigenvalue weighted by molar-refractivity contribution is 6.17. The molecule has 2 bridgehead atoms. The van der Waals surface area contributed by atoms with Crippen LogP contribution in [0.1, 0.15) is 37.7 Å². The van der Waals surface area contributed by atoms with Crippen LogP contribution in [-0.2, 0) is 7.05 Å². The monoisotopic (exact) mass is 631 g/mol. The molecular weight excluding hydrogens is 596 g/mol. The van der Waals surface area contributed by atoms with E-state index in [0.717, 1.165) is 101 Å². The number of hydrogen-bond acceptors (Lipinski definition) is 7. The minimum Gasteiger partial charge on any atom is -0.461 e. The molecule has 4 saturated heterocycles. The van der Waals surface area contributed by atoms with Crippen molar-refractivity contribution in [3.05, 3.63) is 65.9 Å². The smallest absolute Gasteiger partial charge is 0.319 e. The number of rotatable bonds is 5. The van der Waals surface area contributed by atoms with E-state index >= 15 is 4.39 Å². The maximum atomic E-state index is 15.1. The maximum absolute atomic E-state index is 15.1. The van der Waals surface area contributed by atoms with E-state index in [2.05, 4.69) is 21.0 Å². The van der Waals surface area contributed by atoms with Gasteiger partial charge in [-0.3, -0.25) is 9.58 Å². The van der Waals surface area contributed by atoms with E-state index in [9.17, 15) is 4.39 Å². The van der Waals surface area contributed by atoms with Gasteiger partial charge in [0, 0.05) is 61.3 Å². The van der Waals surface area contributed by atoms with Gasteiger partial charge in [-0.2, -0.15) is 15.1 Å². The molecule has 4 aliphatic rings. The highest BCUT2D eigenvalue weighted by Crippen LogP contribution is 2.44. The second-order valence-electron chi connectivity index (χ2n) is 13.7. The first-order valence-corrected chi connectivity index (χ1v) is 16.5. The van der Waals surface area contributed by atoms with Gasteiger partial charge in [-0.15, -0.1) is 6.42 Å². The Kier molecular flexibility index (Phi) is 6.53. The molecule has 0 radical (unpaired) electrons. The van der Waals surface area contributed by atoms with E-state index in [1.54, 1.807) is 10.7 Å². The molecule has 0 unspecified atom stereocenters. The van der Waals surface area contributed by atoms with Crippen LogP contribution in [0.3, 0.4) is 0 Å². The fraction of sp³-hybridized carbons (Fsp3) is 0.378. The third kappa shape index (κ3) is 4.51. The first-order valence-electron chi connectivity index (χ1n) is 16.5. The normalized spacial score (nSPS) is 25.0. The SMILES string of the molecule is C#Cc1c(F)ccc2cccc(-c3cc4nc(OC[C@@]56CCCN5C/C(=C\F)C6)nc(N5C[C@H]6CC[C@@H](C5)N6)c4c4cn(C)nc34)c12. The predicted octanol–water partition coefficient (Wildman–Crippen LogP) is 5.87. The number of anilines is 1. The van der Waals surface area contributed by atoms with Gasteiger partial charge in [-0.05, 0) is 67.3 Å². The third-order valence-electron chi connectivity index (χ3n) is 10.8. The molecule has 6 heterocycles. The van der Waals surface area contributed by atoms with Crippen molar-refractivity contribution in [3.63, 3.8) is 0 Å². The second kappa shape index (κ2) is 10.7. The van der Waals surface area contributed by atoms with Crippen LogP contribution >= 0.6 is 0 Å². The van der Waals surface area contributed by atoms with Gasteiger partial charge in [0.15, 0.2) is 0 Å². The lowest BCUT2D eigenvalue weighted by Gasteiger charge is -2.35. The van der Waals surface area contributed by atoms with E-state index in [-0.39, 0.29) is 11.1 Å². The second-order valence-corrected chi connectivity index (χ2v) is 13.7. The van der Waals surface area contributed by atoms with E-state index in [1.165, 1.54) is 6.07 Å². The van der Waals surface area contributed by atoms with Gasteiger partial charge in [0.1, 0.15) is 23.8 Å². The Hall–Kier alpha value is -4.59. The van der Waals surface area contributed by atoms with Crippen LogP contribution in [0.15, 0.2) is 54.5 Å². The minimum atomic E-state index is -0.433. The summed E-state index contributed by atoms with van der Waals surface area (Å²) in [5.74, 6) is 2.99. The molecule has 4 fully saturated rings. The minimum absolute atomic E-state index is 0.226. The Balaban J connectivity index is 1.25. The highest BCUT2D eigenvalue weighted by Gasteiger charge is 2.47. The van der Waals surface area contributed by atoms with E-state index in [1.807, 2.05) is 37.5 Å². The summed E-state index contributed by atoms with van der Waals surface area (Å²) in [6.07, 6.45) is 13.6. The van der Waals surface area contributed by atoms with E-state index in [4.69, 9.17) is 26.2 Å². The maximum Gasteiger partial charge on any atom is 0.319 e. The van der Waals surface area contributed by atoms with Gasteiger partial charge in [0.25, 0.3) is 0 Å². The van der Waals surface area contributed by atoms with Crippen LogP contribution in [0.5, 0.6) is 6.01 Å². The molecule has 238 valence electrons. The first kappa shape index (κ1) is 28.6. The number of hydrogen-bond donors (Lipinski definition) is 1. The largest absolute Gasteiger partial charge is 0.461 e.